The summed E-state index contributed by atoms with van der Waals surface area (Å²) in [5, 5.41) is 3.10. The van der Waals surface area contributed by atoms with E-state index in [-0.39, 0.29) is 6.03 Å². The van der Waals surface area contributed by atoms with Gasteiger partial charge in [-0.1, -0.05) is 60.7 Å². The third-order valence-electron chi connectivity index (χ3n) is 6.63. The monoisotopic (exact) mass is 459 g/mol. The van der Waals surface area contributed by atoms with Crippen LogP contribution in [0.2, 0.25) is 0 Å². The second-order valence-corrected chi connectivity index (χ2v) is 8.58. The molecule has 1 N–H and O–H groups in total. The van der Waals surface area contributed by atoms with Gasteiger partial charge in [0.15, 0.2) is 5.66 Å². The largest absolute Gasteiger partial charge is 0.457 e. The number of nitrogens with one attached hydrogen (secondary N) is 1. The molecule has 172 valence electrons. The third-order valence-corrected chi connectivity index (χ3v) is 6.63. The number of benzene rings is 4. The summed E-state index contributed by atoms with van der Waals surface area (Å²) in [5.41, 5.74) is 4.03. The number of amides is 2. The lowest BCUT2D eigenvalue weighted by Gasteiger charge is -2.54. The Bertz CT molecular complexity index is 1420. The Morgan fingerprint density at radius 3 is 2.29 bits per heavy atom. The Labute approximate surface area is 204 Å². The molecule has 5 heteroatoms. The number of carbonyl (C=O) groups is 1. The van der Waals surface area contributed by atoms with E-state index in [1.54, 1.807) is 0 Å². The zero-order valence-electron chi connectivity index (χ0n) is 19.4. The summed E-state index contributed by atoms with van der Waals surface area (Å²) < 4.78 is 5.99. The van der Waals surface area contributed by atoms with Gasteiger partial charge < -0.3 is 15.0 Å². The van der Waals surface area contributed by atoms with Crippen molar-refractivity contribution in [2.24, 2.45) is 0 Å². The van der Waals surface area contributed by atoms with E-state index < -0.39 is 5.66 Å². The Balaban J connectivity index is 1.49. The molecule has 1 unspecified atom stereocenters. The zero-order valence-corrected chi connectivity index (χ0v) is 19.4. The van der Waals surface area contributed by atoms with Crippen molar-refractivity contribution in [1.82, 2.24) is 0 Å². The summed E-state index contributed by atoms with van der Waals surface area (Å²) in [7, 11) is 0. The molecule has 1 spiro atoms. The first-order valence-electron chi connectivity index (χ1n) is 11.8. The number of likely N-dealkylation sites (N-methyl/N-ethyl adjacent to an activating group) is 1. The van der Waals surface area contributed by atoms with Crippen molar-refractivity contribution >= 4 is 29.2 Å². The highest BCUT2D eigenvalue weighted by atomic mass is 16.5. The van der Waals surface area contributed by atoms with Crippen LogP contribution >= 0.6 is 0 Å². The van der Waals surface area contributed by atoms with Gasteiger partial charge in [0, 0.05) is 23.5 Å². The average Bonchev–Trinajstić information content (AvgIpc) is 2.90. The molecule has 2 aliphatic rings. The van der Waals surface area contributed by atoms with Crippen LogP contribution in [0, 0.1) is 0 Å². The van der Waals surface area contributed by atoms with Crippen molar-refractivity contribution in [1.29, 1.82) is 0 Å². The molecule has 0 saturated heterocycles. The van der Waals surface area contributed by atoms with E-state index in [0.717, 1.165) is 33.9 Å². The summed E-state index contributed by atoms with van der Waals surface area (Å²) in [6, 6.07) is 33.5. The van der Waals surface area contributed by atoms with E-state index in [0.29, 0.717) is 12.3 Å². The fraction of sp³-hybridized carbons (Fsp3) is 0.100. The van der Waals surface area contributed by atoms with Crippen molar-refractivity contribution < 1.29 is 9.53 Å². The molecule has 0 saturated carbocycles. The minimum absolute atomic E-state index is 0.178. The lowest BCUT2D eigenvalue weighted by atomic mass is 9.86. The van der Waals surface area contributed by atoms with Crippen molar-refractivity contribution in [2.75, 3.05) is 21.7 Å². The van der Waals surface area contributed by atoms with E-state index in [9.17, 15) is 4.79 Å². The number of ether oxygens (including phenoxy) is 1. The van der Waals surface area contributed by atoms with E-state index in [4.69, 9.17) is 4.74 Å². The Morgan fingerprint density at radius 2 is 1.49 bits per heavy atom. The number of rotatable bonds is 4. The van der Waals surface area contributed by atoms with Gasteiger partial charge in [-0.05, 0) is 67.1 Å². The highest BCUT2D eigenvalue weighted by Crippen LogP contribution is 2.49. The van der Waals surface area contributed by atoms with Crippen molar-refractivity contribution in [3.8, 4) is 11.5 Å². The van der Waals surface area contributed by atoms with Crippen LogP contribution in [0.3, 0.4) is 0 Å². The normalized spacial score (nSPS) is 18.1. The van der Waals surface area contributed by atoms with Crippen LogP contribution in [-0.4, -0.2) is 12.6 Å². The second kappa shape index (κ2) is 8.37. The molecule has 35 heavy (non-hydrogen) atoms. The quantitative estimate of drug-likeness (QED) is 0.350. The number of anilines is 3. The van der Waals surface area contributed by atoms with Crippen LogP contribution < -0.4 is 19.9 Å². The van der Waals surface area contributed by atoms with Gasteiger partial charge in [0.25, 0.3) is 0 Å². The number of para-hydroxylation sites is 3. The van der Waals surface area contributed by atoms with Gasteiger partial charge in [-0.2, -0.15) is 0 Å². The molecule has 2 aliphatic heterocycles. The molecule has 4 aromatic carbocycles. The summed E-state index contributed by atoms with van der Waals surface area (Å²) in [5.74, 6) is 1.48. The third kappa shape index (κ3) is 3.36. The van der Waals surface area contributed by atoms with Crippen LogP contribution in [0.1, 0.15) is 18.1 Å². The fourth-order valence-electron chi connectivity index (χ4n) is 5.16. The van der Waals surface area contributed by atoms with E-state index in [2.05, 4.69) is 47.5 Å². The first-order chi connectivity index (χ1) is 17.2. The van der Waals surface area contributed by atoms with E-state index in [1.165, 1.54) is 0 Å². The molecular formula is C30H25N3O2. The zero-order chi connectivity index (χ0) is 23.8. The van der Waals surface area contributed by atoms with Crippen LogP contribution in [0.4, 0.5) is 21.9 Å². The number of hydrogen-bond donors (Lipinski definition) is 1. The van der Waals surface area contributed by atoms with Crippen LogP contribution in [0.15, 0.2) is 109 Å². The van der Waals surface area contributed by atoms with E-state index >= 15 is 0 Å². The summed E-state index contributed by atoms with van der Waals surface area (Å²) in [4.78, 5) is 17.8. The number of carbonyl (C=O) groups excluding carboxylic acids is 1. The van der Waals surface area contributed by atoms with Crippen molar-refractivity contribution in [2.45, 2.75) is 12.6 Å². The molecule has 5 nitrogen and oxygen atoms in total. The summed E-state index contributed by atoms with van der Waals surface area (Å²) in [6.45, 7) is 2.84. The Morgan fingerprint density at radius 1 is 0.800 bits per heavy atom. The highest BCUT2D eigenvalue weighted by Gasteiger charge is 2.51. The molecule has 0 radical (unpaired) electrons. The van der Waals surface area contributed by atoms with Gasteiger partial charge in [0.2, 0.25) is 0 Å². The summed E-state index contributed by atoms with van der Waals surface area (Å²) in [6.07, 6.45) is 4.27. The minimum Gasteiger partial charge on any atom is -0.457 e. The maximum absolute atomic E-state index is 13.7. The number of urea groups is 1. The van der Waals surface area contributed by atoms with Crippen LogP contribution in [0.25, 0.3) is 6.08 Å². The molecule has 6 rings (SSSR count). The Hall–Kier alpha value is -4.51. The van der Waals surface area contributed by atoms with Gasteiger partial charge in [-0.3, -0.25) is 4.90 Å². The maximum atomic E-state index is 13.7. The number of fused-ring (bicyclic) bond motifs is 3. The van der Waals surface area contributed by atoms with Gasteiger partial charge >= 0.3 is 6.03 Å². The number of nitrogens with zero attached hydrogens (tertiary/aromatic N) is 2. The lowest BCUT2D eigenvalue weighted by Crippen LogP contribution is -2.64. The molecule has 0 fully saturated rings. The molecule has 4 aromatic rings. The highest BCUT2D eigenvalue weighted by molar-refractivity contribution is 6.08. The minimum atomic E-state index is -0.816. The Kier molecular flexibility index (Phi) is 5.03. The van der Waals surface area contributed by atoms with Gasteiger partial charge in [0.1, 0.15) is 11.5 Å². The fourth-order valence-corrected chi connectivity index (χ4v) is 5.16. The molecule has 0 aliphatic carbocycles. The molecule has 1 atom stereocenters. The SMILES string of the molecule is CCN1c2ccccc2C=CC12c1ccccc1NC(=O)N2c1ccc(Oc2ccccc2)cc1. The molecule has 0 bridgehead atoms. The standard InChI is InChI=1S/C30H25N3O2/c1-2-32-28-15-9-6-10-22(28)20-21-30(32)26-13-7-8-14-27(26)31-29(34)33(30)23-16-18-25(19-17-23)35-24-11-4-3-5-12-24/h3-21H,2H2,1H3,(H,31,34). The average molecular weight is 460 g/mol. The van der Waals surface area contributed by atoms with Crippen molar-refractivity contribution in [3.05, 3.63) is 120 Å². The predicted octanol–water partition coefficient (Wildman–Crippen LogP) is 7.24. The molecule has 2 heterocycles. The predicted molar refractivity (Wildman–Crippen MR) is 141 cm³/mol. The first kappa shape index (κ1) is 21.1. The van der Waals surface area contributed by atoms with Crippen LogP contribution in [-0.2, 0) is 5.66 Å². The molecule has 2 amide bonds. The van der Waals surface area contributed by atoms with Crippen molar-refractivity contribution in [3.63, 3.8) is 0 Å². The number of hydrogen-bond acceptors (Lipinski definition) is 3. The van der Waals surface area contributed by atoms with Crippen LogP contribution in [0.5, 0.6) is 11.5 Å². The van der Waals surface area contributed by atoms with E-state index in [1.807, 2.05) is 89.8 Å². The van der Waals surface area contributed by atoms with Gasteiger partial charge in [-0.15, -0.1) is 0 Å². The lowest BCUT2D eigenvalue weighted by molar-refractivity contribution is 0.249. The topological polar surface area (TPSA) is 44.8 Å². The smallest absolute Gasteiger partial charge is 0.328 e. The molecular weight excluding hydrogens is 434 g/mol. The first-order valence-corrected chi connectivity index (χ1v) is 11.8. The molecule has 0 aromatic heterocycles. The second-order valence-electron chi connectivity index (χ2n) is 8.58. The summed E-state index contributed by atoms with van der Waals surface area (Å²) >= 11 is 0. The maximum Gasteiger partial charge on any atom is 0.328 e. The van der Waals surface area contributed by atoms with Gasteiger partial charge in [-0.25, -0.2) is 4.79 Å². The van der Waals surface area contributed by atoms with Gasteiger partial charge in [0.05, 0.1) is 5.69 Å².